The summed E-state index contributed by atoms with van der Waals surface area (Å²) in [5.74, 6) is 0.650. The van der Waals surface area contributed by atoms with Gasteiger partial charge in [-0.3, -0.25) is 14.6 Å². The lowest BCUT2D eigenvalue weighted by molar-refractivity contribution is 0.476. The number of H-pyrrole nitrogens is 1. The molecule has 1 aliphatic rings. The summed E-state index contributed by atoms with van der Waals surface area (Å²) in [4.78, 5) is 12.0. The summed E-state index contributed by atoms with van der Waals surface area (Å²) < 4.78 is 1.80. The zero-order chi connectivity index (χ0) is 10.8. The topological polar surface area (TPSA) is 37.8 Å². The van der Waals surface area contributed by atoms with Crippen molar-refractivity contribution >= 4 is 0 Å². The highest BCUT2D eigenvalue weighted by Crippen LogP contribution is 2.16. The molecule has 2 rings (SSSR count). The van der Waals surface area contributed by atoms with Crippen LogP contribution in [-0.4, -0.2) is 9.78 Å². The molecule has 1 heterocycles. The Labute approximate surface area is 90.5 Å². The van der Waals surface area contributed by atoms with Gasteiger partial charge in [0.05, 0.1) is 0 Å². The Balaban J connectivity index is 2.18. The molecule has 0 saturated carbocycles. The van der Waals surface area contributed by atoms with Crippen LogP contribution in [0.4, 0.5) is 0 Å². The number of aromatic amines is 1. The van der Waals surface area contributed by atoms with Crippen molar-refractivity contribution in [3.8, 4) is 0 Å². The molecule has 0 radical (unpaired) electrons. The SMILES string of the molecule is CC(C)CCn1[nH]c2c(c1=O)CCCC2. The van der Waals surface area contributed by atoms with E-state index in [0.29, 0.717) is 5.92 Å². The van der Waals surface area contributed by atoms with Gasteiger partial charge in [-0.05, 0) is 38.0 Å². The van der Waals surface area contributed by atoms with Crippen LogP contribution in [0.15, 0.2) is 4.79 Å². The Kier molecular flexibility index (Phi) is 2.98. The molecule has 15 heavy (non-hydrogen) atoms. The molecule has 0 unspecified atom stereocenters. The fourth-order valence-corrected chi connectivity index (χ4v) is 2.19. The van der Waals surface area contributed by atoms with Crippen molar-refractivity contribution in [3.05, 3.63) is 21.6 Å². The third kappa shape index (κ3) is 2.16. The minimum Gasteiger partial charge on any atom is -0.299 e. The Morgan fingerprint density at radius 2 is 2.07 bits per heavy atom. The number of fused-ring (bicyclic) bond motifs is 1. The molecule has 0 saturated heterocycles. The summed E-state index contributed by atoms with van der Waals surface area (Å²) in [6, 6.07) is 0. The molecule has 0 amide bonds. The second kappa shape index (κ2) is 4.25. The van der Waals surface area contributed by atoms with Crippen molar-refractivity contribution < 1.29 is 0 Å². The van der Waals surface area contributed by atoms with Gasteiger partial charge in [-0.15, -0.1) is 0 Å². The lowest BCUT2D eigenvalue weighted by Crippen LogP contribution is -2.20. The van der Waals surface area contributed by atoms with E-state index in [4.69, 9.17) is 0 Å². The zero-order valence-electron chi connectivity index (χ0n) is 9.68. The highest BCUT2D eigenvalue weighted by atomic mass is 16.1. The van der Waals surface area contributed by atoms with Gasteiger partial charge in [0.1, 0.15) is 0 Å². The van der Waals surface area contributed by atoms with Gasteiger partial charge in [0.2, 0.25) is 0 Å². The number of aromatic nitrogens is 2. The number of rotatable bonds is 3. The number of aryl methyl sites for hydroxylation is 2. The Morgan fingerprint density at radius 3 is 2.73 bits per heavy atom. The van der Waals surface area contributed by atoms with Gasteiger partial charge in [0, 0.05) is 17.8 Å². The number of nitrogens with one attached hydrogen (secondary N) is 1. The van der Waals surface area contributed by atoms with Crippen LogP contribution in [-0.2, 0) is 19.4 Å². The summed E-state index contributed by atoms with van der Waals surface area (Å²) in [7, 11) is 0. The molecule has 1 aromatic heterocycles. The van der Waals surface area contributed by atoms with Crippen LogP contribution in [0.1, 0.15) is 44.4 Å². The van der Waals surface area contributed by atoms with Crippen LogP contribution < -0.4 is 5.56 Å². The Bertz CT molecular complexity index is 387. The van der Waals surface area contributed by atoms with E-state index in [0.717, 1.165) is 31.4 Å². The van der Waals surface area contributed by atoms with Crippen molar-refractivity contribution in [2.45, 2.75) is 52.5 Å². The minimum absolute atomic E-state index is 0.227. The molecule has 1 aromatic rings. The molecule has 0 bridgehead atoms. The van der Waals surface area contributed by atoms with Crippen molar-refractivity contribution in [1.29, 1.82) is 0 Å². The minimum atomic E-state index is 0.227. The van der Waals surface area contributed by atoms with E-state index in [1.807, 2.05) is 0 Å². The summed E-state index contributed by atoms with van der Waals surface area (Å²) in [6.45, 7) is 5.21. The van der Waals surface area contributed by atoms with E-state index in [2.05, 4.69) is 18.9 Å². The molecular formula is C12H20N2O. The van der Waals surface area contributed by atoms with Crippen LogP contribution in [0.3, 0.4) is 0 Å². The molecule has 0 aromatic carbocycles. The first-order chi connectivity index (χ1) is 7.18. The fourth-order valence-electron chi connectivity index (χ4n) is 2.19. The Hall–Kier alpha value is -0.990. The average molecular weight is 208 g/mol. The zero-order valence-corrected chi connectivity index (χ0v) is 9.68. The molecule has 0 fully saturated rings. The Morgan fingerprint density at radius 1 is 1.33 bits per heavy atom. The maximum Gasteiger partial charge on any atom is 0.269 e. The molecule has 3 heteroatoms. The average Bonchev–Trinajstić information content (AvgIpc) is 2.54. The third-order valence-electron chi connectivity index (χ3n) is 3.17. The second-order valence-electron chi connectivity index (χ2n) is 4.92. The molecular weight excluding hydrogens is 188 g/mol. The summed E-state index contributed by atoms with van der Waals surface area (Å²) >= 11 is 0. The quantitative estimate of drug-likeness (QED) is 0.811. The van der Waals surface area contributed by atoms with Gasteiger partial charge in [-0.1, -0.05) is 13.8 Å². The van der Waals surface area contributed by atoms with Crippen LogP contribution in [0.2, 0.25) is 0 Å². The first-order valence-corrected chi connectivity index (χ1v) is 5.99. The van der Waals surface area contributed by atoms with Gasteiger partial charge in [-0.2, -0.15) is 0 Å². The molecule has 1 N–H and O–H groups in total. The largest absolute Gasteiger partial charge is 0.299 e. The fraction of sp³-hybridized carbons (Fsp3) is 0.750. The first-order valence-electron chi connectivity index (χ1n) is 5.99. The van der Waals surface area contributed by atoms with Crippen LogP contribution in [0, 0.1) is 5.92 Å². The monoisotopic (exact) mass is 208 g/mol. The van der Waals surface area contributed by atoms with E-state index in [-0.39, 0.29) is 5.56 Å². The number of nitrogens with zero attached hydrogens (tertiary/aromatic N) is 1. The number of hydrogen-bond acceptors (Lipinski definition) is 1. The third-order valence-corrected chi connectivity index (χ3v) is 3.17. The highest BCUT2D eigenvalue weighted by Gasteiger charge is 2.17. The maximum absolute atomic E-state index is 12.0. The van der Waals surface area contributed by atoms with E-state index < -0.39 is 0 Å². The maximum atomic E-state index is 12.0. The van der Waals surface area contributed by atoms with E-state index in [9.17, 15) is 4.79 Å². The van der Waals surface area contributed by atoms with E-state index >= 15 is 0 Å². The smallest absolute Gasteiger partial charge is 0.269 e. The van der Waals surface area contributed by atoms with Crippen molar-refractivity contribution in [1.82, 2.24) is 9.78 Å². The summed E-state index contributed by atoms with van der Waals surface area (Å²) in [5, 5.41) is 3.26. The summed E-state index contributed by atoms with van der Waals surface area (Å²) in [6.07, 6.45) is 5.49. The first kappa shape index (κ1) is 10.5. The molecule has 0 spiro atoms. The lowest BCUT2D eigenvalue weighted by atomic mass is 9.98. The second-order valence-corrected chi connectivity index (χ2v) is 4.92. The predicted octanol–water partition coefficient (Wildman–Crippen LogP) is 2.10. The highest BCUT2D eigenvalue weighted by molar-refractivity contribution is 5.19. The molecule has 0 aliphatic heterocycles. The molecule has 1 aliphatic carbocycles. The molecule has 0 atom stereocenters. The van der Waals surface area contributed by atoms with Gasteiger partial charge >= 0.3 is 0 Å². The van der Waals surface area contributed by atoms with Gasteiger partial charge in [-0.25, -0.2) is 0 Å². The van der Waals surface area contributed by atoms with Crippen LogP contribution >= 0.6 is 0 Å². The summed E-state index contributed by atoms with van der Waals surface area (Å²) in [5.41, 5.74) is 2.46. The standard InChI is InChI=1S/C12H20N2O/c1-9(2)7-8-14-12(15)10-5-3-4-6-11(10)13-14/h9,13H,3-8H2,1-2H3. The van der Waals surface area contributed by atoms with Crippen molar-refractivity contribution in [2.75, 3.05) is 0 Å². The van der Waals surface area contributed by atoms with Crippen LogP contribution in [0.5, 0.6) is 0 Å². The number of hydrogen-bond donors (Lipinski definition) is 1. The van der Waals surface area contributed by atoms with Gasteiger partial charge < -0.3 is 0 Å². The predicted molar refractivity (Wildman–Crippen MR) is 61.1 cm³/mol. The van der Waals surface area contributed by atoms with Crippen molar-refractivity contribution in [3.63, 3.8) is 0 Å². The normalized spacial score (nSPS) is 15.7. The molecule has 84 valence electrons. The van der Waals surface area contributed by atoms with E-state index in [1.54, 1.807) is 4.68 Å². The van der Waals surface area contributed by atoms with Gasteiger partial charge in [0.25, 0.3) is 5.56 Å². The van der Waals surface area contributed by atoms with E-state index in [1.165, 1.54) is 18.5 Å². The van der Waals surface area contributed by atoms with Crippen LogP contribution in [0.25, 0.3) is 0 Å². The van der Waals surface area contributed by atoms with Crippen molar-refractivity contribution in [2.24, 2.45) is 5.92 Å². The lowest BCUT2D eigenvalue weighted by Gasteiger charge is -2.07. The van der Waals surface area contributed by atoms with Gasteiger partial charge in [0.15, 0.2) is 0 Å². The molecule has 3 nitrogen and oxygen atoms in total.